The molecule has 0 aliphatic carbocycles. The van der Waals surface area contributed by atoms with Crippen LogP contribution in [0.25, 0.3) is 16.6 Å². The molecule has 3 N–H and O–H groups in total. The van der Waals surface area contributed by atoms with E-state index in [-0.39, 0.29) is 23.3 Å². The highest BCUT2D eigenvalue weighted by atomic mass is 32.2. The molecule has 2 heterocycles. The highest BCUT2D eigenvalue weighted by Crippen LogP contribution is 2.28. The molecule has 2 aromatic heterocycles. The molecule has 3 aromatic carbocycles. The largest absolute Gasteiger partial charge is 0.321 e. The van der Waals surface area contributed by atoms with Gasteiger partial charge in [0.25, 0.3) is 11.8 Å². The Kier molecular flexibility index (Phi) is 9.60. The maximum Gasteiger partial charge on any atom is 0.272 e. The van der Waals surface area contributed by atoms with Crippen molar-refractivity contribution in [3.8, 4) is 10.6 Å². The fourth-order valence-corrected chi connectivity index (χ4v) is 6.04. The van der Waals surface area contributed by atoms with E-state index < -0.39 is 5.91 Å². The van der Waals surface area contributed by atoms with Crippen LogP contribution in [0.5, 0.6) is 0 Å². The second-order valence-electron chi connectivity index (χ2n) is 9.07. The van der Waals surface area contributed by atoms with Crippen LogP contribution in [0.3, 0.4) is 0 Å². The molecule has 3 amide bonds. The molecular formula is C32H26N4O3S3. The van der Waals surface area contributed by atoms with Crippen molar-refractivity contribution in [3.63, 3.8) is 0 Å². The van der Waals surface area contributed by atoms with Gasteiger partial charge in [-0.3, -0.25) is 14.4 Å². The zero-order chi connectivity index (χ0) is 29.3. The highest BCUT2D eigenvalue weighted by Gasteiger charge is 2.16. The van der Waals surface area contributed by atoms with Gasteiger partial charge in [-0.25, -0.2) is 4.98 Å². The number of thiophene rings is 1. The number of amides is 3. The van der Waals surface area contributed by atoms with Crippen molar-refractivity contribution in [2.45, 2.75) is 11.8 Å². The summed E-state index contributed by atoms with van der Waals surface area (Å²) in [4.78, 5) is 45.0. The number of nitrogens with one attached hydrogen (secondary N) is 3. The summed E-state index contributed by atoms with van der Waals surface area (Å²) >= 11 is 4.38. The molecule has 0 radical (unpaired) electrons. The first kappa shape index (κ1) is 29.0. The summed E-state index contributed by atoms with van der Waals surface area (Å²) in [5, 5.41) is 13.0. The molecule has 0 saturated carbocycles. The molecule has 42 heavy (non-hydrogen) atoms. The molecule has 7 nitrogen and oxygen atoms in total. The Morgan fingerprint density at radius 1 is 0.857 bits per heavy atom. The number of hydrogen-bond acceptors (Lipinski definition) is 7. The molecular weight excluding hydrogens is 585 g/mol. The Morgan fingerprint density at radius 2 is 1.62 bits per heavy atom. The average molecular weight is 611 g/mol. The number of benzene rings is 3. The molecule has 0 saturated heterocycles. The van der Waals surface area contributed by atoms with Gasteiger partial charge in [-0.05, 0) is 72.0 Å². The third-order valence-electron chi connectivity index (χ3n) is 6.02. The maximum atomic E-state index is 13.3. The summed E-state index contributed by atoms with van der Waals surface area (Å²) < 4.78 is 0. The van der Waals surface area contributed by atoms with Gasteiger partial charge in [0.05, 0.1) is 16.3 Å². The number of anilines is 2. The summed E-state index contributed by atoms with van der Waals surface area (Å²) in [6.45, 7) is 1.94. The molecule has 0 aliphatic rings. The second kappa shape index (κ2) is 13.9. The van der Waals surface area contributed by atoms with E-state index in [1.807, 2.05) is 72.3 Å². The number of carbonyl (C=O) groups is 3. The van der Waals surface area contributed by atoms with Crippen molar-refractivity contribution in [1.29, 1.82) is 0 Å². The highest BCUT2D eigenvalue weighted by molar-refractivity contribution is 8.00. The van der Waals surface area contributed by atoms with E-state index >= 15 is 0 Å². The van der Waals surface area contributed by atoms with Gasteiger partial charge in [-0.2, -0.15) is 0 Å². The fourth-order valence-electron chi connectivity index (χ4n) is 3.85. The molecule has 0 aliphatic heterocycles. The van der Waals surface area contributed by atoms with Crippen molar-refractivity contribution in [1.82, 2.24) is 10.3 Å². The Morgan fingerprint density at radius 3 is 2.36 bits per heavy atom. The smallest absolute Gasteiger partial charge is 0.272 e. The fraction of sp³-hybridized carbons (Fsp3) is 0.0625. The first-order chi connectivity index (χ1) is 20.4. The number of thioether (sulfide) groups is 1. The molecule has 0 bridgehead atoms. The summed E-state index contributed by atoms with van der Waals surface area (Å²) in [6, 6.07) is 27.5. The van der Waals surface area contributed by atoms with E-state index in [1.54, 1.807) is 53.8 Å². The van der Waals surface area contributed by atoms with E-state index in [0.29, 0.717) is 16.4 Å². The third kappa shape index (κ3) is 7.82. The van der Waals surface area contributed by atoms with Crippen molar-refractivity contribution in [2.24, 2.45) is 0 Å². The lowest BCUT2D eigenvalue weighted by molar-refractivity contribution is -0.114. The van der Waals surface area contributed by atoms with E-state index in [1.165, 1.54) is 23.1 Å². The van der Waals surface area contributed by atoms with Crippen LogP contribution in [0.2, 0.25) is 0 Å². The van der Waals surface area contributed by atoms with Crippen LogP contribution in [0, 0.1) is 6.92 Å². The quantitative estimate of drug-likeness (QED) is 0.114. The van der Waals surface area contributed by atoms with Crippen molar-refractivity contribution < 1.29 is 14.4 Å². The molecule has 0 fully saturated rings. The predicted octanol–water partition coefficient (Wildman–Crippen LogP) is 7.32. The first-order valence-electron chi connectivity index (χ1n) is 12.9. The second-order valence-corrected chi connectivity index (χ2v) is 11.9. The molecule has 10 heteroatoms. The van der Waals surface area contributed by atoms with Gasteiger partial charge in [0.1, 0.15) is 5.70 Å². The Bertz CT molecular complexity index is 1710. The van der Waals surface area contributed by atoms with Crippen LogP contribution in [-0.2, 0) is 9.59 Å². The first-order valence-corrected chi connectivity index (χ1v) is 15.7. The molecule has 5 rings (SSSR count). The standard InChI is InChI=1S/C32H26N4O3S3/c1-21-8-5-6-11-23(21)18-26(34-30(38)22-9-3-2-4-10-22)31(39)33-24-13-15-25(16-14-24)41-20-29(37)36-32-35-27(19-42-32)28-12-7-17-40-28/h2-19H,20H2,1H3,(H,33,39)(H,34,38)(H,35,36,37)/b26-18-. The number of rotatable bonds is 10. The molecule has 0 unspecified atom stereocenters. The average Bonchev–Trinajstić information content (AvgIpc) is 3.71. The number of nitrogens with zero attached hydrogens (tertiary/aromatic N) is 1. The predicted molar refractivity (Wildman–Crippen MR) is 173 cm³/mol. The minimum atomic E-state index is -0.451. The van der Waals surface area contributed by atoms with Crippen LogP contribution in [0.4, 0.5) is 10.8 Å². The Labute approximate surface area is 255 Å². The SMILES string of the molecule is Cc1ccccc1/C=C(\NC(=O)c1ccccc1)C(=O)Nc1ccc(SCC(=O)Nc2nc(-c3cccs3)cs2)cc1. The third-order valence-corrected chi connectivity index (χ3v) is 8.69. The lowest BCUT2D eigenvalue weighted by Crippen LogP contribution is -2.30. The van der Waals surface area contributed by atoms with Crippen molar-refractivity contribution in [2.75, 3.05) is 16.4 Å². The number of aryl methyl sites for hydroxylation is 1. The summed E-state index contributed by atoms with van der Waals surface area (Å²) in [5.74, 6) is -0.762. The van der Waals surface area contributed by atoms with E-state index in [2.05, 4.69) is 20.9 Å². The van der Waals surface area contributed by atoms with Crippen LogP contribution >= 0.6 is 34.4 Å². The minimum absolute atomic E-state index is 0.123. The van der Waals surface area contributed by atoms with Gasteiger partial charge >= 0.3 is 0 Å². The number of hydrogen-bond donors (Lipinski definition) is 3. The van der Waals surface area contributed by atoms with E-state index in [4.69, 9.17) is 0 Å². The lowest BCUT2D eigenvalue weighted by Gasteiger charge is -2.12. The zero-order valence-electron chi connectivity index (χ0n) is 22.5. The van der Waals surface area contributed by atoms with Crippen LogP contribution in [0.15, 0.2) is 112 Å². The summed E-state index contributed by atoms with van der Waals surface area (Å²) in [7, 11) is 0. The Balaban J connectivity index is 1.20. The molecule has 0 spiro atoms. The minimum Gasteiger partial charge on any atom is -0.321 e. The topological polar surface area (TPSA) is 100 Å². The van der Waals surface area contributed by atoms with Crippen LogP contribution < -0.4 is 16.0 Å². The van der Waals surface area contributed by atoms with Crippen molar-refractivity contribution in [3.05, 3.63) is 124 Å². The molecule has 5 aromatic rings. The van der Waals surface area contributed by atoms with Crippen LogP contribution in [-0.4, -0.2) is 28.5 Å². The summed E-state index contributed by atoms with van der Waals surface area (Å²) in [6.07, 6.45) is 1.67. The van der Waals surface area contributed by atoms with Gasteiger partial charge in [0.2, 0.25) is 5.91 Å². The van der Waals surface area contributed by atoms with Gasteiger partial charge in [-0.15, -0.1) is 34.4 Å². The lowest BCUT2D eigenvalue weighted by atomic mass is 10.1. The van der Waals surface area contributed by atoms with E-state index in [0.717, 1.165) is 26.6 Å². The molecule has 0 atom stereocenters. The normalized spacial score (nSPS) is 11.1. The van der Waals surface area contributed by atoms with Gasteiger partial charge in [0, 0.05) is 21.5 Å². The number of carbonyl (C=O) groups excluding carboxylic acids is 3. The van der Waals surface area contributed by atoms with Gasteiger partial charge in [-0.1, -0.05) is 48.5 Å². The van der Waals surface area contributed by atoms with Gasteiger partial charge < -0.3 is 16.0 Å². The summed E-state index contributed by atoms with van der Waals surface area (Å²) in [5.41, 5.74) is 3.78. The van der Waals surface area contributed by atoms with Gasteiger partial charge in [0.15, 0.2) is 5.13 Å². The monoisotopic (exact) mass is 610 g/mol. The number of aromatic nitrogens is 1. The van der Waals surface area contributed by atoms with Crippen molar-refractivity contribution >= 4 is 69.1 Å². The Hall–Kier alpha value is -4.51. The number of thiazole rings is 1. The zero-order valence-corrected chi connectivity index (χ0v) is 24.9. The maximum absolute atomic E-state index is 13.3. The van der Waals surface area contributed by atoms with Crippen LogP contribution in [0.1, 0.15) is 21.5 Å². The molecule has 210 valence electrons. The van der Waals surface area contributed by atoms with E-state index in [9.17, 15) is 14.4 Å².